The maximum absolute atomic E-state index is 12.1. The number of alkyl halides is 3. The van der Waals surface area contributed by atoms with E-state index in [9.17, 15) is 23.3 Å². The highest BCUT2D eigenvalue weighted by Crippen LogP contribution is 2.31. The molecule has 0 aromatic carbocycles. The first-order chi connectivity index (χ1) is 7.20. The first-order valence-corrected chi connectivity index (χ1v) is 4.39. The monoisotopic (exact) mass is 275 g/mol. The van der Waals surface area contributed by atoms with Crippen molar-refractivity contribution in [3.63, 3.8) is 0 Å². The molecule has 0 amide bonds. The summed E-state index contributed by atoms with van der Waals surface area (Å²) in [5.41, 5.74) is -1.84. The lowest BCUT2D eigenvalue weighted by atomic mass is 10.2. The van der Waals surface area contributed by atoms with Gasteiger partial charge in [0, 0.05) is 0 Å². The van der Waals surface area contributed by atoms with Crippen LogP contribution in [0, 0.1) is 10.1 Å². The van der Waals surface area contributed by atoms with Crippen LogP contribution in [0.5, 0.6) is 0 Å². The quantitative estimate of drug-likeness (QED) is 0.360. The summed E-state index contributed by atoms with van der Waals surface area (Å²) < 4.78 is 36.2. The van der Waals surface area contributed by atoms with Crippen molar-refractivity contribution in [2.75, 3.05) is 0 Å². The Morgan fingerprint density at radius 3 is 2.31 bits per heavy atom. The fraction of sp³-hybridized carbons (Fsp3) is 0.333. The van der Waals surface area contributed by atoms with E-state index in [1.807, 2.05) is 0 Å². The van der Waals surface area contributed by atoms with Crippen molar-refractivity contribution >= 4 is 28.9 Å². The average molecular weight is 276 g/mol. The Morgan fingerprint density at radius 2 is 1.88 bits per heavy atom. The molecule has 0 unspecified atom stereocenters. The van der Waals surface area contributed by atoms with Gasteiger partial charge in [0.15, 0.2) is 0 Å². The second-order valence-electron chi connectivity index (χ2n) is 2.63. The van der Waals surface area contributed by atoms with Crippen molar-refractivity contribution in [2.24, 2.45) is 0 Å². The molecule has 0 atom stereocenters. The van der Waals surface area contributed by atoms with E-state index < -0.39 is 39.3 Å². The molecule has 1 aromatic rings. The van der Waals surface area contributed by atoms with Crippen molar-refractivity contribution < 1.29 is 18.1 Å². The van der Waals surface area contributed by atoms with Crippen LogP contribution >= 0.6 is 23.2 Å². The predicted octanol–water partition coefficient (Wildman–Crippen LogP) is 2.80. The van der Waals surface area contributed by atoms with Gasteiger partial charge in [-0.1, -0.05) is 11.6 Å². The number of rotatable bonds is 2. The van der Waals surface area contributed by atoms with Gasteiger partial charge in [0.2, 0.25) is 10.4 Å². The molecule has 1 rings (SSSR count). The molecule has 10 heteroatoms. The van der Waals surface area contributed by atoms with Gasteiger partial charge in [-0.3, -0.25) is 10.1 Å². The summed E-state index contributed by atoms with van der Waals surface area (Å²) in [7, 11) is 0. The summed E-state index contributed by atoms with van der Waals surface area (Å²) in [6, 6.07) is 0. The molecule has 0 radical (unpaired) electrons. The van der Waals surface area contributed by atoms with E-state index in [0.29, 0.717) is 0 Å². The van der Waals surface area contributed by atoms with Gasteiger partial charge in [0.1, 0.15) is 5.69 Å². The molecular formula is C6H2Cl2F3N3O2. The number of hydrogen-bond donors (Lipinski definition) is 0. The predicted molar refractivity (Wildman–Crippen MR) is 48.5 cm³/mol. The van der Waals surface area contributed by atoms with E-state index in [4.69, 9.17) is 23.2 Å². The van der Waals surface area contributed by atoms with Crippen LogP contribution in [-0.2, 0) is 6.42 Å². The van der Waals surface area contributed by atoms with Gasteiger partial charge in [-0.25, -0.2) is 4.98 Å². The van der Waals surface area contributed by atoms with Crippen LogP contribution in [0.4, 0.5) is 18.9 Å². The molecule has 5 nitrogen and oxygen atoms in total. The minimum absolute atomic E-state index is 0.574. The zero-order valence-electron chi connectivity index (χ0n) is 7.26. The summed E-state index contributed by atoms with van der Waals surface area (Å²) in [6.45, 7) is 0. The highest BCUT2D eigenvalue weighted by Gasteiger charge is 2.34. The van der Waals surface area contributed by atoms with Gasteiger partial charge in [-0.15, -0.1) is 0 Å². The highest BCUT2D eigenvalue weighted by atomic mass is 35.5. The standard InChI is InChI=1S/C6H2Cl2F3N3O2/c7-4-3(14(15)16)2(1-6(9,10)11)12-5(8)13-4/h1H2. The lowest BCUT2D eigenvalue weighted by molar-refractivity contribution is -0.386. The van der Waals surface area contributed by atoms with Crippen LogP contribution in [0.1, 0.15) is 5.69 Å². The largest absolute Gasteiger partial charge is 0.394 e. The summed E-state index contributed by atoms with van der Waals surface area (Å²) in [4.78, 5) is 15.7. The van der Waals surface area contributed by atoms with Gasteiger partial charge >= 0.3 is 11.9 Å². The van der Waals surface area contributed by atoms with Crippen molar-refractivity contribution in [1.82, 2.24) is 9.97 Å². The van der Waals surface area contributed by atoms with Gasteiger partial charge < -0.3 is 0 Å². The van der Waals surface area contributed by atoms with Crippen LogP contribution in [0.15, 0.2) is 0 Å². The van der Waals surface area contributed by atoms with E-state index in [-0.39, 0.29) is 0 Å². The average Bonchev–Trinajstić information content (AvgIpc) is 1.96. The molecule has 0 aliphatic rings. The summed E-state index contributed by atoms with van der Waals surface area (Å²) in [5, 5.41) is 9.18. The molecule has 1 heterocycles. The third-order valence-corrected chi connectivity index (χ3v) is 1.87. The second-order valence-corrected chi connectivity index (χ2v) is 3.32. The number of halogens is 5. The maximum Gasteiger partial charge on any atom is 0.394 e. The molecule has 0 fully saturated rings. The second kappa shape index (κ2) is 4.38. The number of hydrogen-bond acceptors (Lipinski definition) is 4. The van der Waals surface area contributed by atoms with Crippen LogP contribution in [0.25, 0.3) is 0 Å². The highest BCUT2D eigenvalue weighted by molar-refractivity contribution is 6.33. The zero-order chi connectivity index (χ0) is 12.5. The van der Waals surface area contributed by atoms with Crippen molar-refractivity contribution in [3.05, 3.63) is 26.2 Å². The number of nitrogens with zero attached hydrogens (tertiary/aromatic N) is 3. The number of aromatic nitrogens is 2. The molecule has 0 aliphatic heterocycles. The fourth-order valence-corrected chi connectivity index (χ4v) is 1.42. The van der Waals surface area contributed by atoms with Crippen LogP contribution in [-0.4, -0.2) is 21.1 Å². The SMILES string of the molecule is O=[N+]([O-])c1c(Cl)nc(Cl)nc1CC(F)(F)F. The summed E-state index contributed by atoms with van der Waals surface area (Å²) >= 11 is 10.6. The number of nitro groups is 1. The van der Waals surface area contributed by atoms with Crippen molar-refractivity contribution in [1.29, 1.82) is 0 Å². The van der Waals surface area contributed by atoms with E-state index in [1.165, 1.54) is 0 Å². The maximum atomic E-state index is 12.1. The molecule has 0 saturated carbocycles. The van der Waals surface area contributed by atoms with Gasteiger partial charge in [0.05, 0.1) is 11.3 Å². The Balaban J connectivity index is 3.30. The van der Waals surface area contributed by atoms with Gasteiger partial charge in [-0.05, 0) is 11.6 Å². The first kappa shape index (κ1) is 12.9. The van der Waals surface area contributed by atoms with E-state index in [2.05, 4.69) is 9.97 Å². The lowest BCUT2D eigenvalue weighted by Crippen LogP contribution is -2.15. The summed E-state index contributed by atoms with van der Waals surface area (Å²) in [5.74, 6) is 0. The zero-order valence-corrected chi connectivity index (χ0v) is 8.77. The molecule has 0 saturated heterocycles. The van der Waals surface area contributed by atoms with Crippen LogP contribution < -0.4 is 0 Å². The smallest absolute Gasteiger partial charge is 0.258 e. The minimum atomic E-state index is -4.65. The molecule has 0 N–H and O–H groups in total. The van der Waals surface area contributed by atoms with Crippen molar-refractivity contribution in [3.8, 4) is 0 Å². The van der Waals surface area contributed by atoms with Gasteiger partial charge in [-0.2, -0.15) is 18.2 Å². The van der Waals surface area contributed by atoms with E-state index in [1.54, 1.807) is 0 Å². The third-order valence-electron chi connectivity index (χ3n) is 1.44. The van der Waals surface area contributed by atoms with Crippen LogP contribution in [0.2, 0.25) is 10.4 Å². The Hall–Kier alpha value is -1.15. The molecule has 88 valence electrons. The molecule has 0 bridgehead atoms. The minimum Gasteiger partial charge on any atom is -0.258 e. The topological polar surface area (TPSA) is 68.9 Å². The molecule has 1 aromatic heterocycles. The molecule has 0 aliphatic carbocycles. The van der Waals surface area contributed by atoms with Crippen molar-refractivity contribution in [2.45, 2.75) is 12.6 Å². The lowest BCUT2D eigenvalue weighted by Gasteiger charge is -2.06. The Morgan fingerprint density at radius 1 is 1.31 bits per heavy atom. The fourth-order valence-electron chi connectivity index (χ4n) is 0.936. The summed E-state index contributed by atoms with van der Waals surface area (Å²) in [6.07, 6.45) is -6.24. The molecule has 0 spiro atoms. The molecule has 16 heavy (non-hydrogen) atoms. The first-order valence-electron chi connectivity index (χ1n) is 3.64. The molecular weight excluding hydrogens is 274 g/mol. The Bertz CT molecular complexity index is 438. The van der Waals surface area contributed by atoms with Crippen LogP contribution in [0.3, 0.4) is 0 Å². The normalized spacial score (nSPS) is 11.6. The Kier molecular flexibility index (Phi) is 3.54. The van der Waals surface area contributed by atoms with Gasteiger partial charge in [0.25, 0.3) is 0 Å². The van der Waals surface area contributed by atoms with E-state index >= 15 is 0 Å². The Labute approximate surface area is 96.4 Å². The third kappa shape index (κ3) is 3.17. The van der Waals surface area contributed by atoms with E-state index in [0.717, 1.165) is 0 Å².